The Kier molecular flexibility index (Phi) is 4.54. The lowest BCUT2D eigenvalue weighted by atomic mass is 9.87. The van der Waals surface area contributed by atoms with Crippen molar-refractivity contribution in [3.63, 3.8) is 0 Å². The summed E-state index contributed by atoms with van der Waals surface area (Å²) >= 11 is 0. The van der Waals surface area contributed by atoms with Crippen LogP contribution in [0, 0.1) is 0 Å². The highest BCUT2D eigenvalue weighted by molar-refractivity contribution is 6.13. The first-order valence-electron chi connectivity index (χ1n) is 9.58. The highest BCUT2D eigenvalue weighted by atomic mass is 16.8. The first kappa shape index (κ1) is 20.3. The Hall–Kier alpha value is -2.01. The van der Waals surface area contributed by atoms with Gasteiger partial charge in [-0.05, 0) is 34.6 Å². The zero-order valence-electron chi connectivity index (χ0n) is 17.1. The minimum atomic E-state index is -1.03. The fourth-order valence-electron chi connectivity index (χ4n) is 4.14. The lowest BCUT2D eigenvalue weighted by Crippen LogP contribution is -2.67. The van der Waals surface area contributed by atoms with Crippen LogP contribution in [0.15, 0.2) is 12.2 Å². The third-order valence-electron chi connectivity index (χ3n) is 5.18. The Bertz CT molecular complexity index is 755. The minimum absolute atomic E-state index is 0.0614. The van der Waals surface area contributed by atoms with Gasteiger partial charge in [-0.25, -0.2) is 4.79 Å². The van der Waals surface area contributed by atoms with Crippen LogP contribution in [0.25, 0.3) is 0 Å². The molecule has 10 nitrogen and oxygen atoms in total. The number of carbonyl (C=O) groups is 3. The molecule has 1 N–H and O–H groups in total. The van der Waals surface area contributed by atoms with E-state index in [9.17, 15) is 14.4 Å². The monoisotopic (exact) mass is 410 g/mol. The van der Waals surface area contributed by atoms with Crippen molar-refractivity contribution in [1.82, 2.24) is 10.2 Å². The molecule has 4 aliphatic heterocycles. The fraction of sp³-hybridized carbons (Fsp3) is 0.737. The molecule has 4 aliphatic rings. The van der Waals surface area contributed by atoms with Crippen molar-refractivity contribution in [3.05, 3.63) is 12.2 Å². The standard InChI is InChI=1S/C19H26N2O8/c1-17(2,3)29-16(24)20-8-19-9-25-15(28-19)12(21-10(22)6-7-11(21)23)13-14(19)27-18(4,5)26-13/h6-7,12-15H,8-9H2,1-5H3,(H,20,24)/t12?,13-,14-,15?,19?/m1/s1. The van der Waals surface area contributed by atoms with Gasteiger partial charge < -0.3 is 29.0 Å². The quantitative estimate of drug-likeness (QED) is 0.668. The van der Waals surface area contributed by atoms with Crippen molar-refractivity contribution in [3.8, 4) is 0 Å². The maximum absolute atomic E-state index is 12.3. The van der Waals surface area contributed by atoms with E-state index in [1.165, 1.54) is 12.2 Å². The normalized spacial score (nSPS) is 37.8. The molecule has 29 heavy (non-hydrogen) atoms. The summed E-state index contributed by atoms with van der Waals surface area (Å²) in [5.41, 5.74) is -1.67. The number of alkyl carbamates (subject to hydrolysis) is 1. The van der Waals surface area contributed by atoms with E-state index in [0.717, 1.165) is 4.90 Å². The van der Waals surface area contributed by atoms with Gasteiger partial charge in [0.15, 0.2) is 12.1 Å². The molecule has 0 saturated carbocycles. The zero-order chi connectivity index (χ0) is 21.2. The van der Waals surface area contributed by atoms with E-state index in [1.54, 1.807) is 34.6 Å². The largest absolute Gasteiger partial charge is 0.444 e. The highest BCUT2D eigenvalue weighted by Gasteiger charge is 2.68. The Morgan fingerprint density at radius 3 is 2.48 bits per heavy atom. The predicted molar refractivity (Wildman–Crippen MR) is 96.4 cm³/mol. The van der Waals surface area contributed by atoms with Gasteiger partial charge in [-0.1, -0.05) is 0 Å². The van der Waals surface area contributed by atoms with Crippen LogP contribution in [-0.4, -0.2) is 77.5 Å². The number of amides is 3. The lowest BCUT2D eigenvalue weighted by molar-refractivity contribution is -0.212. The van der Waals surface area contributed by atoms with E-state index in [0.29, 0.717) is 0 Å². The summed E-state index contributed by atoms with van der Waals surface area (Å²) in [5.74, 6) is -1.87. The minimum Gasteiger partial charge on any atom is -0.444 e. The number of rotatable bonds is 3. The topological polar surface area (TPSA) is 113 Å². The molecular weight excluding hydrogens is 384 g/mol. The van der Waals surface area contributed by atoms with Crippen molar-refractivity contribution in [1.29, 1.82) is 0 Å². The van der Waals surface area contributed by atoms with Gasteiger partial charge in [0.1, 0.15) is 29.5 Å². The third-order valence-corrected chi connectivity index (χ3v) is 5.18. The third kappa shape index (κ3) is 3.54. The van der Waals surface area contributed by atoms with Crippen molar-refractivity contribution in [2.75, 3.05) is 13.2 Å². The summed E-state index contributed by atoms with van der Waals surface area (Å²) < 4.78 is 29.4. The van der Waals surface area contributed by atoms with E-state index in [1.807, 2.05) is 0 Å². The second-order valence-corrected chi connectivity index (χ2v) is 9.11. The number of hydrogen-bond donors (Lipinski definition) is 1. The molecule has 0 spiro atoms. The van der Waals surface area contributed by atoms with E-state index < -0.39 is 59.4 Å². The number of nitrogens with zero attached hydrogens (tertiary/aromatic N) is 1. The molecule has 0 aromatic carbocycles. The van der Waals surface area contributed by atoms with Crippen molar-refractivity contribution in [2.24, 2.45) is 0 Å². The SMILES string of the molecule is CC(C)(C)OC(=O)NCC12COC(O1)C(N1C(=O)C=CC1=O)[C@H]1OC(C)(C)O[C@H]12. The van der Waals surface area contributed by atoms with Gasteiger partial charge in [-0.15, -0.1) is 0 Å². The zero-order valence-corrected chi connectivity index (χ0v) is 17.1. The average molecular weight is 410 g/mol. The number of ether oxygens (including phenoxy) is 5. The van der Waals surface area contributed by atoms with Crippen LogP contribution in [0.5, 0.6) is 0 Å². The smallest absolute Gasteiger partial charge is 0.407 e. The van der Waals surface area contributed by atoms with Crippen LogP contribution in [-0.2, 0) is 33.3 Å². The van der Waals surface area contributed by atoms with Gasteiger partial charge in [-0.2, -0.15) is 0 Å². The van der Waals surface area contributed by atoms with Gasteiger partial charge >= 0.3 is 6.09 Å². The summed E-state index contributed by atoms with van der Waals surface area (Å²) in [6.45, 7) is 8.97. The highest BCUT2D eigenvalue weighted by Crippen LogP contribution is 2.47. The second-order valence-electron chi connectivity index (χ2n) is 9.11. The fourth-order valence-corrected chi connectivity index (χ4v) is 4.14. The van der Waals surface area contributed by atoms with Gasteiger partial charge in [-0.3, -0.25) is 14.5 Å². The van der Waals surface area contributed by atoms with Gasteiger partial charge in [0, 0.05) is 12.2 Å². The molecule has 3 saturated heterocycles. The molecule has 3 fully saturated rings. The molecule has 0 radical (unpaired) electrons. The number of fused-ring (bicyclic) bond motifs is 4. The summed E-state index contributed by atoms with van der Waals surface area (Å²) in [5, 5.41) is 2.71. The van der Waals surface area contributed by atoms with Crippen LogP contribution in [0.1, 0.15) is 34.6 Å². The summed E-state index contributed by atoms with van der Waals surface area (Å²) in [6.07, 6.45) is -0.401. The van der Waals surface area contributed by atoms with E-state index >= 15 is 0 Å². The van der Waals surface area contributed by atoms with Crippen LogP contribution < -0.4 is 5.32 Å². The molecule has 0 aliphatic carbocycles. The van der Waals surface area contributed by atoms with Crippen LogP contribution in [0.2, 0.25) is 0 Å². The molecule has 4 heterocycles. The van der Waals surface area contributed by atoms with Crippen molar-refractivity contribution in [2.45, 2.75) is 76.1 Å². The van der Waals surface area contributed by atoms with Crippen molar-refractivity contribution < 1.29 is 38.1 Å². The van der Waals surface area contributed by atoms with Crippen molar-refractivity contribution >= 4 is 17.9 Å². The Labute approximate surface area is 168 Å². The maximum Gasteiger partial charge on any atom is 0.407 e. The number of carbonyl (C=O) groups excluding carboxylic acids is 3. The molecule has 3 amide bonds. The lowest BCUT2D eigenvalue weighted by Gasteiger charge is -2.44. The first-order valence-corrected chi connectivity index (χ1v) is 9.58. The van der Waals surface area contributed by atoms with E-state index in [4.69, 9.17) is 23.7 Å². The number of imide groups is 1. The summed E-state index contributed by atoms with van der Waals surface area (Å²) in [7, 11) is 0. The number of hydrogen-bond acceptors (Lipinski definition) is 8. The van der Waals surface area contributed by atoms with Gasteiger partial charge in [0.05, 0.1) is 13.2 Å². The van der Waals surface area contributed by atoms with Crippen LogP contribution >= 0.6 is 0 Å². The number of nitrogens with one attached hydrogen (secondary N) is 1. The molecule has 2 bridgehead atoms. The molecule has 4 rings (SSSR count). The maximum atomic E-state index is 12.3. The Morgan fingerprint density at radius 2 is 1.86 bits per heavy atom. The Morgan fingerprint density at radius 1 is 1.21 bits per heavy atom. The van der Waals surface area contributed by atoms with E-state index in [2.05, 4.69) is 5.32 Å². The second kappa shape index (κ2) is 6.49. The molecule has 5 atom stereocenters. The molecule has 160 valence electrons. The Balaban J connectivity index is 1.57. The molecule has 3 unspecified atom stereocenters. The van der Waals surface area contributed by atoms with Crippen LogP contribution in [0.4, 0.5) is 4.79 Å². The molecule has 0 aromatic rings. The van der Waals surface area contributed by atoms with Gasteiger partial charge in [0.2, 0.25) is 0 Å². The molecule has 0 aromatic heterocycles. The average Bonchev–Trinajstić information content (AvgIpc) is 3.22. The summed E-state index contributed by atoms with van der Waals surface area (Å²) in [6, 6.07) is -0.797. The van der Waals surface area contributed by atoms with E-state index in [-0.39, 0.29) is 13.2 Å². The van der Waals surface area contributed by atoms with Crippen LogP contribution in [0.3, 0.4) is 0 Å². The first-order chi connectivity index (χ1) is 13.4. The summed E-state index contributed by atoms with van der Waals surface area (Å²) in [4.78, 5) is 37.8. The predicted octanol–water partition coefficient (Wildman–Crippen LogP) is 0.450. The molecule has 10 heteroatoms. The van der Waals surface area contributed by atoms with Gasteiger partial charge in [0.25, 0.3) is 11.8 Å². The molecular formula is C19H26N2O8.